The molecular weight excluding hydrogens is 453 g/mol. The number of carboxylic acids is 1. The van der Waals surface area contributed by atoms with Crippen molar-refractivity contribution in [2.24, 2.45) is 5.92 Å². The summed E-state index contributed by atoms with van der Waals surface area (Å²) >= 11 is 0. The number of hydrogen-bond acceptors (Lipinski definition) is 4. The molecule has 34 heavy (non-hydrogen) atoms. The number of ether oxygens (including phenoxy) is 1. The predicted octanol–water partition coefficient (Wildman–Crippen LogP) is 4.07. The molecule has 0 aliphatic heterocycles. The highest BCUT2D eigenvalue weighted by Gasteiger charge is 2.40. The maximum atomic E-state index is 12.9. The van der Waals surface area contributed by atoms with Crippen LogP contribution in [0.25, 0.3) is 11.1 Å². The first-order valence-corrected chi connectivity index (χ1v) is 10.8. The van der Waals surface area contributed by atoms with Crippen LogP contribution in [0.15, 0.2) is 48.5 Å². The number of alkyl halides is 3. The number of benzene rings is 2. The van der Waals surface area contributed by atoms with Crippen molar-refractivity contribution in [2.45, 2.75) is 37.9 Å². The number of amides is 2. The van der Waals surface area contributed by atoms with E-state index in [2.05, 4.69) is 10.6 Å². The largest absolute Gasteiger partial charge is 0.481 e. The summed E-state index contributed by atoms with van der Waals surface area (Å²) in [6.45, 7) is 1.04. The minimum atomic E-state index is -4.69. The first kappa shape index (κ1) is 25.1. The first-order valence-electron chi connectivity index (χ1n) is 10.8. The fourth-order valence-corrected chi connectivity index (χ4v) is 4.00. The van der Waals surface area contributed by atoms with Gasteiger partial charge in [-0.3, -0.25) is 9.59 Å². The van der Waals surface area contributed by atoms with E-state index in [-0.39, 0.29) is 19.1 Å². The molecule has 1 aliphatic rings. The molecule has 2 aromatic rings. The van der Waals surface area contributed by atoms with Crippen LogP contribution in [0.2, 0.25) is 0 Å². The second-order valence-electron chi connectivity index (χ2n) is 8.11. The van der Waals surface area contributed by atoms with E-state index in [9.17, 15) is 27.6 Å². The first-order chi connectivity index (χ1) is 16.1. The van der Waals surface area contributed by atoms with Crippen LogP contribution in [-0.4, -0.2) is 48.4 Å². The van der Waals surface area contributed by atoms with Crippen molar-refractivity contribution in [1.29, 1.82) is 0 Å². The van der Waals surface area contributed by atoms with Gasteiger partial charge >= 0.3 is 18.2 Å². The topological polar surface area (TPSA) is 105 Å². The molecule has 0 spiro atoms. The number of halogens is 3. The molecule has 10 heteroatoms. The average Bonchev–Trinajstić information content (AvgIpc) is 3.09. The smallest absolute Gasteiger partial charge is 0.407 e. The molecule has 0 saturated carbocycles. The number of nitrogens with one attached hydrogen (secondary N) is 2. The molecule has 0 saturated heterocycles. The molecule has 3 N–H and O–H groups in total. The Hall–Kier alpha value is -3.56. The SMILES string of the molecule is C[C@H](NC(=O)OCC1c2ccccc2-c2ccccc21)C(=O)NCCC(CC(=O)O)C(F)(F)F. The second kappa shape index (κ2) is 10.6. The van der Waals surface area contributed by atoms with Crippen molar-refractivity contribution in [3.63, 3.8) is 0 Å². The molecule has 0 heterocycles. The van der Waals surface area contributed by atoms with Crippen LogP contribution >= 0.6 is 0 Å². The minimum absolute atomic E-state index is 0.0522. The summed E-state index contributed by atoms with van der Waals surface area (Å²) in [6.07, 6.45) is -7.18. The highest BCUT2D eigenvalue weighted by molar-refractivity contribution is 5.85. The molecule has 2 aromatic carbocycles. The third-order valence-electron chi connectivity index (χ3n) is 5.75. The molecule has 0 bridgehead atoms. The van der Waals surface area contributed by atoms with E-state index in [1.807, 2.05) is 48.5 Å². The Kier molecular flexibility index (Phi) is 7.80. The Bertz CT molecular complexity index is 1010. The molecule has 1 unspecified atom stereocenters. The van der Waals surface area contributed by atoms with Gasteiger partial charge < -0.3 is 20.5 Å². The summed E-state index contributed by atoms with van der Waals surface area (Å²) < 4.78 is 44.0. The van der Waals surface area contributed by atoms with E-state index in [4.69, 9.17) is 9.84 Å². The summed E-state index contributed by atoms with van der Waals surface area (Å²) in [5, 5.41) is 13.3. The van der Waals surface area contributed by atoms with Crippen LogP contribution in [-0.2, 0) is 14.3 Å². The summed E-state index contributed by atoms with van der Waals surface area (Å²) in [4.78, 5) is 35.0. The van der Waals surface area contributed by atoms with Gasteiger partial charge in [0.2, 0.25) is 5.91 Å². The van der Waals surface area contributed by atoms with Gasteiger partial charge in [0.1, 0.15) is 12.6 Å². The molecule has 0 radical (unpaired) electrons. The van der Waals surface area contributed by atoms with Crippen molar-refractivity contribution < 1.29 is 37.4 Å². The van der Waals surface area contributed by atoms with Crippen LogP contribution in [0.3, 0.4) is 0 Å². The molecule has 182 valence electrons. The highest BCUT2D eigenvalue weighted by Crippen LogP contribution is 2.44. The minimum Gasteiger partial charge on any atom is -0.481 e. The van der Waals surface area contributed by atoms with Gasteiger partial charge in [0.05, 0.1) is 12.3 Å². The summed E-state index contributed by atoms with van der Waals surface area (Å²) in [6, 6.07) is 14.6. The third-order valence-corrected chi connectivity index (χ3v) is 5.75. The lowest BCUT2D eigenvalue weighted by Gasteiger charge is -2.20. The van der Waals surface area contributed by atoms with E-state index < -0.39 is 48.9 Å². The average molecular weight is 478 g/mol. The van der Waals surface area contributed by atoms with E-state index in [1.165, 1.54) is 6.92 Å². The lowest BCUT2D eigenvalue weighted by molar-refractivity contribution is -0.184. The Balaban J connectivity index is 1.49. The number of hydrogen-bond donors (Lipinski definition) is 3. The van der Waals surface area contributed by atoms with Crippen LogP contribution in [0.4, 0.5) is 18.0 Å². The Morgan fingerprint density at radius 3 is 2.12 bits per heavy atom. The Labute approximate surface area is 194 Å². The predicted molar refractivity (Wildman–Crippen MR) is 117 cm³/mol. The van der Waals surface area contributed by atoms with Gasteiger partial charge in [0.25, 0.3) is 0 Å². The zero-order valence-corrected chi connectivity index (χ0v) is 18.4. The number of carboxylic acid groups (broad SMARTS) is 1. The number of fused-ring (bicyclic) bond motifs is 3. The summed E-state index contributed by atoms with van der Waals surface area (Å²) in [5.41, 5.74) is 4.20. The number of aliphatic carboxylic acids is 1. The van der Waals surface area contributed by atoms with Crippen LogP contribution in [0.5, 0.6) is 0 Å². The van der Waals surface area contributed by atoms with E-state index in [0.29, 0.717) is 0 Å². The number of rotatable bonds is 9. The van der Waals surface area contributed by atoms with Crippen molar-refractivity contribution in [3.8, 4) is 11.1 Å². The fraction of sp³-hybridized carbons (Fsp3) is 0.375. The molecule has 0 aromatic heterocycles. The van der Waals surface area contributed by atoms with Crippen molar-refractivity contribution in [3.05, 3.63) is 59.7 Å². The number of carbonyl (C=O) groups is 3. The van der Waals surface area contributed by atoms with E-state index >= 15 is 0 Å². The molecular formula is C24H25F3N2O5. The summed E-state index contributed by atoms with van der Waals surface area (Å²) in [7, 11) is 0. The standard InChI is InChI=1S/C24H25F3N2O5/c1-14(22(32)28-11-10-15(12-21(30)31)24(25,26)27)29-23(33)34-13-20-18-8-4-2-6-16(18)17-7-3-5-9-19(17)20/h2-9,14-15,20H,10-13H2,1H3,(H,28,32)(H,29,33)(H,30,31)/t14-,15?/m0/s1. The molecule has 2 amide bonds. The van der Waals surface area contributed by atoms with Crippen LogP contribution in [0.1, 0.15) is 36.8 Å². The maximum absolute atomic E-state index is 12.9. The molecule has 1 aliphatic carbocycles. The van der Waals surface area contributed by atoms with Gasteiger partial charge in [-0.25, -0.2) is 4.79 Å². The zero-order chi connectivity index (χ0) is 24.9. The van der Waals surface area contributed by atoms with Crippen molar-refractivity contribution >= 4 is 18.0 Å². The van der Waals surface area contributed by atoms with Gasteiger partial charge in [0.15, 0.2) is 0 Å². The quantitative estimate of drug-likeness (QED) is 0.504. The van der Waals surface area contributed by atoms with Crippen LogP contribution in [0, 0.1) is 5.92 Å². The van der Waals surface area contributed by atoms with Crippen molar-refractivity contribution in [1.82, 2.24) is 10.6 Å². The molecule has 7 nitrogen and oxygen atoms in total. The zero-order valence-electron chi connectivity index (χ0n) is 18.4. The van der Waals surface area contributed by atoms with E-state index in [1.54, 1.807) is 0 Å². The maximum Gasteiger partial charge on any atom is 0.407 e. The monoisotopic (exact) mass is 478 g/mol. The Morgan fingerprint density at radius 2 is 1.59 bits per heavy atom. The van der Waals surface area contributed by atoms with Crippen LogP contribution < -0.4 is 10.6 Å². The molecule has 3 rings (SSSR count). The second-order valence-corrected chi connectivity index (χ2v) is 8.11. The van der Waals surface area contributed by atoms with E-state index in [0.717, 1.165) is 22.3 Å². The van der Waals surface area contributed by atoms with Gasteiger partial charge in [0, 0.05) is 12.5 Å². The van der Waals surface area contributed by atoms with Gasteiger partial charge in [-0.05, 0) is 35.6 Å². The molecule has 0 fully saturated rings. The van der Waals surface area contributed by atoms with Crippen molar-refractivity contribution in [2.75, 3.05) is 13.2 Å². The van der Waals surface area contributed by atoms with Gasteiger partial charge in [-0.2, -0.15) is 13.2 Å². The fourth-order valence-electron chi connectivity index (χ4n) is 4.00. The number of alkyl carbamates (subject to hydrolysis) is 1. The lowest BCUT2D eigenvalue weighted by atomic mass is 9.98. The molecule has 2 atom stereocenters. The normalized spacial score (nSPS) is 14.5. The summed E-state index contributed by atoms with van der Waals surface area (Å²) in [5.74, 6) is -4.50. The third kappa shape index (κ3) is 6.06. The van der Waals surface area contributed by atoms with Gasteiger partial charge in [-0.1, -0.05) is 48.5 Å². The number of carbonyl (C=O) groups excluding carboxylic acids is 2. The highest BCUT2D eigenvalue weighted by atomic mass is 19.4. The van der Waals surface area contributed by atoms with Gasteiger partial charge in [-0.15, -0.1) is 0 Å². The Morgan fingerprint density at radius 1 is 1.03 bits per heavy atom. The lowest BCUT2D eigenvalue weighted by Crippen LogP contribution is -2.46.